The van der Waals surface area contributed by atoms with Gasteiger partial charge in [-0.3, -0.25) is 0 Å². The first-order valence-corrected chi connectivity index (χ1v) is 8.21. The van der Waals surface area contributed by atoms with Gasteiger partial charge in [-0.15, -0.1) is 0 Å². The summed E-state index contributed by atoms with van der Waals surface area (Å²) in [7, 11) is 0. The maximum Gasteiger partial charge on any atom is 0.130 e. The van der Waals surface area contributed by atoms with Gasteiger partial charge in [0, 0.05) is 6.42 Å². The van der Waals surface area contributed by atoms with Gasteiger partial charge in [0.15, 0.2) is 0 Å². The molecule has 0 aromatic heterocycles. The van der Waals surface area contributed by atoms with Crippen LogP contribution in [0.2, 0.25) is 5.02 Å². The molecule has 0 spiro atoms. The van der Waals surface area contributed by atoms with Gasteiger partial charge in [0.25, 0.3) is 0 Å². The molecule has 2 aliphatic rings. The molecule has 116 valence electrons. The van der Waals surface area contributed by atoms with Crippen LogP contribution in [0.3, 0.4) is 0 Å². The Labute approximate surface area is 131 Å². The summed E-state index contributed by atoms with van der Waals surface area (Å²) < 4.78 is 12.8. The highest BCUT2D eigenvalue weighted by Crippen LogP contribution is 2.55. The van der Waals surface area contributed by atoms with Crippen LogP contribution in [0.5, 0.6) is 5.75 Å². The Morgan fingerprint density at radius 1 is 1.43 bits per heavy atom. The van der Waals surface area contributed by atoms with E-state index in [2.05, 4.69) is 26.5 Å². The third kappa shape index (κ3) is 2.36. The van der Waals surface area contributed by atoms with E-state index in [1.807, 2.05) is 18.2 Å². The molecule has 2 aliphatic heterocycles. The van der Waals surface area contributed by atoms with Crippen LogP contribution in [0.15, 0.2) is 18.2 Å². The van der Waals surface area contributed by atoms with Crippen LogP contribution in [-0.4, -0.2) is 17.3 Å². The average Bonchev–Trinajstić information content (AvgIpc) is 2.91. The summed E-state index contributed by atoms with van der Waals surface area (Å²) in [6.45, 7) is 7.31. The number of rotatable bonds is 4. The van der Waals surface area contributed by atoms with Crippen LogP contribution >= 0.6 is 11.6 Å². The predicted molar refractivity (Wildman–Crippen MR) is 83.4 cm³/mol. The van der Waals surface area contributed by atoms with Crippen LogP contribution in [0.1, 0.15) is 45.6 Å². The SMILES string of the molecule is CC(C)[C@@]12CC[C@@](C)(O1)[C@H](Oc1cccc(Cl)c1C[NH3+])C2. The van der Waals surface area contributed by atoms with Crippen LogP contribution < -0.4 is 10.5 Å². The van der Waals surface area contributed by atoms with Crippen molar-refractivity contribution in [1.82, 2.24) is 0 Å². The minimum Gasteiger partial charge on any atom is -0.487 e. The Morgan fingerprint density at radius 2 is 2.19 bits per heavy atom. The summed E-state index contributed by atoms with van der Waals surface area (Å²) in [5.41, 5.74) is 4.77. The van der Waals surface area contributed by atoms with E-state index in [1.165, 1.54) is 0 Å². The van der Waals surface area contributed by atoms with Gasteiger partial charge in [0.2, 0.25) is 0 Å². The molecule has 0 aliphatic carbocycles. The van der Waals surface area contributed by atoms with E-state index in [4.69, 9.17) is 21.1 Å². The van der Waals surface area contributed by atoms with Gasteiger partial charge in [0.1, 0.15) is 24.0 Å². The molecule has 3 atom stereocenters. The minimum atomic E-state index is -0.176. The Hall–Kier alpha value is -0.770. The molecule has 1 aromatic rings. The number of ether oxygens (including phenoxy) is 2. The molecule has 1 aromatic carbocycles. The first-order valence-electron chi connectivity index (χ1n) is 7.84. The van der Waals surface area contributed by atoms with Gasteiger partial charge < -0.3 is 15.2 Å². The highest BCUT2D eigenvalue weighted by Gasteiger charge is 2.61. The molecule has 0 saturated carbocycles. The smallest absolute Gasteiger partial charge is 0.130 e. The zero-order valence-electron chi connectivity index (χ0n) is 13.1. The molecule has 0 unspecified atom stereocenters. The zero-order valence-corrected chi connectivity index (χ0v) is 13.9. The van der Waals surface area contributed by atoms with Crippen molar-refractivity contribution < 1.29 is 15.2 Å². The number of benzene rings is 1. The van der Waals surface area contributed by atoms with E-state index in [9.17, 15) is 0 Å². The molecule has 3 rings (SSSR count). The topological polar surface area (TPSA) is 46.1 Å². The average molecular weight is 311 g/mol. The van der Waals surface area contributed by atoms with Crippen LogP contribution in [0.25, 0.3) is 0 Å². The Balaban J connectivity index is 1.86. The molecule has 21 heavy (non-hydrogen) atoms. The van der Waals surface area contributed by atoms with Crippen molar-refractivity contribution in [2.24, 2.45) is 5.92 Å². The van der Waals surface area contributed by atoms with Gasteiger partial charge in [-0.1, -0.05) is 31.5 Å². The second kappa shape index (κ2) is 5.15. The minimum absolute atomic E-state index is 0.0113. The largest absolute Gasteiger partial charge is 0.487 e. The number of hydrogen-bond acceptors (Lipinski definition) is 2. The van der Waals surface area contributed by atoms with Crippen LogP contribution in [-0.2, 0) is 11.3 Å². The lowest BCUT2D eigenvalue weighted by Gasteiger charge is -2.32. The summed E-state index contributed by atoms with van der Waals surface area (Å²) in [5.74, 6) is 1.37. The van der Waals surface area contributed by atoms with E-state index in [0.29, 0.717) is 12.5 Å². The Morgan fingerprint density at radius 3 is 2.81 bits per heavy atom. The molecule has 2 heterocycles. The molecule has 3 nitrogen and oxygen atoms in total. The highest BCUT2D eigenvalue weighted by atomic mass is 35.5. The summed E-state index contributed by atoms with van der Waals surface area (Å²) in [6, 6.07) is 5.82. The standard InChI is InChI=1S/C17H24ClNO2/c1-11(2)17-8-7-16(3,21-17)15(9-17)20-14-6-4-5-13(18)12(14)10-19/h4-6,11,15H,7-10,19H2,1-3H3/p+1/t15-,16-,17+/m1/s1. The molecule has 4 heteroatoms. The Bertz CT molecular complexity index is 548. The second-order valence-electron chi connectivity index (χ2n) is 6.91. The maximum atomic E-state index is 6.42. The lowest BCUT2D eigenvalue weighted by molar-refractivity contribution is -0.386. The first kappa shape index (κ1) is 15.1. The van der Waals surface area contributed by atoms with E-state index in [0.717, 1.165) is 35.6 Å². The van der Waals surface area contributed by atoms with Crippen molar-refractivity contribution in [3.05, 3.63) is 28.8 Å². The molecule has 2 saturated heterocycles. The van der Waals surface area contributed by atoms with Crippen LogP contribution in [0, 0.1) is 5.92 Å². The molecular formula is C17H25ClNO2+. The molecule has 2 bridgehead atoms. The van der Waals surface area contributed by atoms with Crippen molar-refractivity contribution in [1.29, 1.82) is 0 Å². The molecule has 3 N–H and O–H groups in total. The predicted octanol–water partition coefficient (Wildman–Crippen LogP) is 3.20. The van der Waals surface area contributed by atoms with Crippen LogP contribution in [0.4, 0.5) is 0 Å². The number of quaternary nitrogens is 1. The van der Waals surface area contributed by atoms with E-state index in [1.54, 1.807) is 0 Å². The van der Waals surface area contributed by atoms with E-state index >= 15 is 0 Å². The number of fused-ring (bicyclic) bond motifs is 2. The monoisotopic (exact) mass is 310 g/mol. The van der Waals surface area contributed by atoms with Crippen molar-refractivity contribution in [3.8, 4) is 5.75 Å². The van der Waals surface area contributed by atoms with Crippen molar-refractivity contribution in [2.45, 2.75) is 63.9 Å². The summed E-state index contributed by atoms with van der Waals surface area (Å²) in [4.78, 5) is 0. The maximum absolute atomic E-state index is 6.42. The molecule has 2 fully saturated rings. The fourth-order valence-electron chi connectivity index (χ4n) is 3.78. The normalized spacial score (nSPS) is 34.7. The fraction of sp³-hybridized carbons (Fsp3) is 0.647. The molecule has 0 amide bonds. The van der Waals surface area contributed by atoms with Gasteiger partial charge in [-0.05, 0) is 37.8 Å². The van der Waals surface area contributed by atoms with Crippen molar-refractivity contribution in [3.63, 3.8) is 0 Å². The lowest BCUT2D eigenvalue weighted by atomic mass is 9.75. The van der Waals surface area contributed by atoms with Crippen molar-refractivity contribution >= 4 is 11.6 Å². The van der Waals surface area contributed by atoms with Gasteiger partial charge in [-0.25, -0.2) is 0 Å². The highest BCUT2D eigenvalue weighted by molar-refractivity contribution is 6.31. The quantitative estimate of drug-likeness (QED) is 0.928. The second-order valence-corrected chi connectivity index (χ2v) is 7.32. The Kier molecular flexibility index (Phi) is 3.71. The lowest BCUT2D eigenvalue weighted by Crippen LogP contribution is -2.48. The zero-order chi connectivity index (χ0) is 15.3. The third-order valence-corrected chi connectivity index (χ3v) is 5.69. The van der Waals surface area contributed by atoms with Gasteiger partial charge >= 0.3 is 0 Å². The number of hydrogen-bond donors (Lipinski definition) is 1. The van der Waals surface area contributed by atoms with Gasteiger partial charge in [-0.2, -0.15) is 0 Å². The third-order valence-electron chi connectivity index (χ3n) is 5.34. The molecule has 0 radical (unpaired) electrons. The van der Waals surface area contributed by atoms with E-state index < -0.39 is 0 Å². The fourth-order valence-corrected chi connectivity index (χ4v) is 4.04. The number of halogens is 1. The summed E-state index contributed by atoms with van der Waals surface area (Å²) in [6.07, 6.45) is 3.26. The summed E-state index contributed by atoms with van der Waals surface area (Å²) >= 11 is 6.26. The molecular weight excluding hydrogens is 286 g/mol. The first-order chi connectivity index (χ1) is 9.90. The summed E-state index contributed by atoms with van der Waals surface area (Å²) in [5, 5.41) is 0.732. The van der Waals surface area contributed by atoms with Gasteiger partial charge in [0.05, 0.1) is 16.2 Å². The van der Waals surface area contributed by atoms with Crippen molar-refractivity contribution in [2.75, 3.05) is 0 Å². The van der Waals surface area contributed by atoms with E-state index in [-0.39, 0.29) is 17.3 Å².